The topological polar surface area (TPSA) is 128 Å². The second-order valence-corrected chi connectivity index (χ2v) is 6.71. The number of rotatable bonds is 5. The van der Waals surface area contributed by atoms with E-state index in [1.807, 2.05) is 0 Å². The fraction of sp³-hybridized carbons (Fsp3) is 0.688. The highest BCUT2D eigenvalue weighted by Gasteiger charge is 2.32. The van der Waals surface area contributed by atoms with Gasteiger partial charge in [0.05, 0.1) is 6.42 Å². The molecule has 140 valence electrons. The molecule has 0 aromatic rings. The summed E-state index contributed by atoms with van der Waals surface area (Å²) in [7, 11) is 0. The molecule has 1 heterocycles. The molecule has 9 heteroatoms. The van der Waals surface area contributed by atoms with E-state index in [1.165, 1.54) is 11.8 Å². The number of esters is 1. The highest BCUT2D eigenvalue weighted by Crippen LogP contribution is 2.17. The Morgan fingerprint density at radius 2 is 1.88 bits per heavy atom. The van der Waals surface area contributed by atoms with Crippen molar-refractivity contribution in [3.05, 3.63) is 0 Å². The molecule has 2 N–H and O–H groups in total. The van der Waals surface area contributed by atoms with E-state index in [0.717, 1.165) is 0 Å². The van der Waals surface area contributed by atoms with Crippen LogP contribution in [0.5, 0.6) is 0 Å². The molecule has 0 aromatic heterocycles. The lowest BCUT2D eigenvalue weighted by molar-refractivity contribution is -0.141. The zero-order valence-corrected chi connectivity index (χ0v) is 15.0. The van der Waals surface area contributed by atoms with Crippen LogP contribution in [0.25, 0.3) is 0 Å². The van der Waals surface area contributed by atoms with E-state index in [2.05, 4.69) is 4.99 Å². The van der Waals surface area contributed by atoms with Gasteiger partial charge in [-0.15, -0.1) is 0 Å². The zero-order valence-electron chi connectivity index (χ0n) is 15.0. The molecule has 9 nitrogen and oxygen atoms in total. The summed E-state index contributed by atoms with van der Waals surface area (Å²) >= 11 is 0. The van der Waals surface area contributed by atoms with E-state index < -0.39 is 29.6 Å². The minimum Gasteiger partial charge on any atom is -0.461 e. The third-order valence-electron chi connectivity index (χ3n) is 3.40. The molecule has 0 aliphatic carbocycles. The maximum absolute atomic E-state index is 12.1. The maximum atomic E-state index is 12.1. The lowest BCUT2D eigenvalue weighted by Crippen LogP contribution is -2.44. The fourth-order valence-electron chi connectivity index (χ4n) is 2.31. The van der Waals surface area contributed by atoms with E-state index in [0.29, 0.717) is 19.4 Å². The molecule has 0 saturated carbocycles. The van der Waals surface area contributed by atoms with Crippen molar-refractivity contribution in [2.24, 2.45) is 10.7 Å². The highest BCUT2D eigenvalue weighted by atomic mass is 16.6. The molecule has 0 bridgehead atoms. The van der Waals surface area contributed by atoms with Crippen LogP contribution in [-0.2, 0) is 23.9 Å². The van der Waals surface area contributed by atoms with E-state index in [1.54, 1.807) is 20.8 Å². The molecule has 0 spiro atoms. The van der Waals surface area contributed by atoms with Gasteiger partial charge in [-0.2, -0.15) is 4.99 Å². The predicted molar refractivity (Wildman–Crippen MR) is 88.8 cm³/mol. The Morgan fingerprint density at radius 1 is 1.24 bits per heavy atom. The Kier molecular flexibility index (Phi) is 7.08. The Hall–Kier alpha value is -2.45. The number of primary amides is 1. The standard InChI is InChI=1S/C16H25N3O6/c1-10(18-15(23)25-16(2,3)4)14(22)24-9-7-12(20)19-8-5-6-11(19)13(17)21/h11H,5-9H2,1-4H3,(H2,17,21). The molecule has 1 unspecified atom stereocenters. The molecular weight excluding hydrogens is 330 g/mol. The molecule has 1 aliphatic rings. The van der Waals surface area contributed by atoms with E-state index in [9.17, 15) is 19.2 Å². The average Bonchev–Trinajstić information content (AvgIpc) is 2.94. The van der Waals surface area contributed by atoms with Gasteiger partial charge in [0.2, 0.25) is 11.8 Å². The molecule has 1 fully saturated rings. The number of hydrogen-bond acceptors (Lipinski definition) is 6. The normalized spacial score (nSPS) is 18.0. The number of nitrogens with zero attached hydrogens (tertiary/aromatic N) is 2. The number of carbonyl (C=O) groups excluding carboxylic acids is 4. The Labute approximate surface area is 146 Å². The molecular formula is C16H25N3O6. The van der Waals surface area contributed by atoms with Gasteiger partial charge in [0.25, 0.3) is 0 Å². The van der Waals surface area contributed by atoms with Gasteiger partial charge < -0.3 is 20.1 Å². The minimum absolute atomic E-state index is 0.0742. The summed E-state index contributed by atoms with van der Waals surface area (Å²) < 4.78 is 9.88. The van der Waals surface area contributed by atoms with Crippen LogP contribution in [0.3, 0.4) is 0 Å². The largest absolute Gasteiger partial charge is 0.461 e. The quantitative estimate of drug-likeness (QED) is 0.573. The van der Waals surface area contributed by atoms with Crippen LogP contribution < -0.4 is 5.73 Å². The van der Waals surface area contributed by atoms with Gasteiger partial charge in [-0.1, -0.05) is 0 Å². The molecule has 25 heavy (non-hydrogen) atoms. The SMILES string of the molecule is CC(=NC(=O)OC(C)(C)C)C(=O)OCCC(=O)N1CCCC1C(N)=O. The van der Waals surface area contributed by atoms with Gasteiger partial charge in [0, 0.05) is 6.54 Å². The molecule has 1 atom stereocenters. The van der Waals surface area contributed by atoms with Crippen LogP contribution >= 0.6 is 0 Å². The summed E-state index contributed by atoms with van der Waals surface area (Å²) in [5, 5.41) is 0. The first-order valence-electron chi connectivity index (χ1n) is 8.05. The third kappa shape index (κ3) is 6.90. The van der Waals surface area contributed by atoms with Crippen LogP contribution in [0, 0.1) is 0 Å². The zero-order chi connectivity index (χ0) is 19.2. The minimum atomic E-state index is -0.889. The summed E-state index contributed by atoms with van der Waals surface area (Å²) in [6.07, 6.45) is 0.290. The van der Waals surface area contributed by atoms with Crippen LogP contribution in [-0.4, -0.2) is 59.3 Å². The van der Waals surface area contributed by atoms with Crippen molar-refractivity contribution < 1.29 is 28.7 Å². The number of nitrogens with two attached hydrogens (primary N) is 1. The summed E-state index contributed by atoms with van der Waals surface area (Å²) in [4.78, 5) is 51.5. The second-order valence-electron chi connectivity index (χ2n) is 6.71. The van der Waals surface area contributed by atoms with Crippen molar-refractivity contribution in [1.82, 2.24) is 4.90 Å². The Bertz CT molecular complexity index is 579. The Morgan fingerprint density at radius 3 is 2.44 bits per heavy atom. The van der Waals surface area contributed by atoms with Crippen molar-refractivity contribution in [1.29, 1.82) is 0 Å². The monoisotopic (exact) mass is 355 g/mol. The molecule has 1 rings (SSSR count). The van der Waals surface area contributed by atoms with Gasteiger partial charge in [-0.05, 0) is 40.5 Å². The van der Waals surface area contributed by atoms with Crippen LogP contribution in [0.4, 0.5) is 4.79 Å². The summed E-state index contributed by atoms with van der Waals surface area (Å²) in [5.74, 6) is -1.66. The number of ether oxygens (including phenoxy) is 2. The number of carbonyl (C=O) groups is 4. The molecule has 0 radical (unpaired) electrons. The van der Waals surface area contributed by atoms with Gasteiger partial charge in [-0.3, -0.25) is 9.59 Å². The lowest BCUT2D eigenvalue weighted by atomic mass is 10.2. The van der Waals surface area contributed by atoms with Crippen molar-refractivity contribution in [3.63, 3.8) is 0 Å². The van der Waals surface area contributed by atoms with E-state index >= 15 is 0 Å². The van der Waals surface area contributed by atoms with E-state index in [-0.39, 0.29) is 24.6 Å². The first kappa shape index (κ1) is 20.6. The second kappa shape index (κ2) is 8.59. The summed E-state index contributed by atoms with van der Waals surface area (Å²) in [6.45, 7) is 6.63. The van der Waals surface area contributed by atoms with Gasteiger partial charge in [0.1, 0.15) is 24.0 Å². The first-order chi connectivity index (χ1) is 11.5. The molecule has 1 saturated heterocycles. The van der Waals surface area contributed by atoms with Crippen LogP contribution in [0.2, 0.25) is 0 Å². The maximum Gasteiger partial charge on any atom is 0.434 e. The Balaban J connectivity index is 2.44. The summed E-state index contributed by atoms with van der Waals surface area (Å²) in [5.41, 5.74) is 4.37. The van der Waals surface area contributed by atoms with Crippen molar-refractivity contribution in [2.75, 3.05) is 13.2 Å². The molecule has 0 aromatic carbocycles. The number of aliphatic imine (C=N–C) groups is 1. The van der Waals surface area contributed by atoms with E-state index in [4.69, 9.17) is 15.2 Å². The first-order valence-corrected chi connectivity index (χ1v) is 8.05. The van der Waals surface area contributed by atoms with Gasteiger partial charge in [-0.25, -0.2) is 9.59 Å². The summed E-state index contributed by atoms with van der Waals surface area (Å²) in [6, 6.07) is -0.598. The van der Waals surface area contributed by atoms with Crippen molar-refractivity contribution >= 4 is 29.6 Å². The number of likely N-dealkylation sites (tertiary alicyclic amines) is 1. The van der Waals surface area contributed by atoms with Crippen LogP contribution in [0.15, 0.2) is 4.99 Å². The predicted octanol–water partition coefficient (Wildman–Crippen LogP) is 0.792. The van der Waals surface area contributed by atoms with Crippen LogP contribution in [0.1, 0.15) is 47.0 Å². The smallest absolute Gasteiger partial charge is 0.434 e. The van der Waals surface area contributed by atoms with Gasteiger partial charge >= 0.3 is 12.1 Å². The fourth-order valence-corrected chi connectivity index (χ4v) is 2.31. The van der Waals surface area contributed by atoms with Crippen molar-refractivity contribution in [2.45, 2.75) is 58.6 Å². The lowest BCUT2D eigenvalue weighted by Gasteiger charge is -2.22. The van der Waals surface area contributed by atoms with Crippen molar-refractivity contribution in [3.8, 4) is 0 Å². The highest BCUT2D eigenvalue weighted by molar-refractivity contribution is 6.36. The average molecular weight is 355 g/mol. The number of amides is 3. The molecule has 3 amide bonds. The van der Waals surface area contributed by atoms with Gasteiger partial charge in [0.15, 0.2) is 0 Å². The molecule has 1 aliphatic heterocycles. The third-order valence-corrected chi connectivity index (χ3v) is 3.40. The number of hydrogen-bond donors (Lipinski definition) is 1.